The summed E-state index contributed by atoms with van der Waals surface area (Å²) in [6.07, 6.45) is 0. The summed E-state index contributed by atoms with van der Waals surface area (Å²) in [6.45, 7) is 5.82. The molecule has 0 aliphatic heterocycles. The van der Waals surface area contributed by atoms with Gasteiger partial charge in [0, 0.05) is 0 Å². The van der Waals surface area contributed by atoms with E-state index in [9.17, 15) is 9.59 Å². The van der Waals surface area contributed by atoms with Crippen molar-refractivity contribution in [3.8, 4) is 0 Å². The SMILES string of the molecule is CC(I)C(=O)OCC[NH+](C)CCOC(=O)C(C)I. The molecule has 7 heteroatoms. The minimum absolute atomic E-state index is 0.117. The second-order valence-corrected chi connectivity index (χ2v) is 7.76. The van der Waals surface area contributed by atoms with Gasteiger partial charge in [0.1, 0.15) is 34.2 Å². The molecular weight excluding hydrogens is 464 g/mol. The molecule has 2 unspecified atom stereocenters. The molecule has 1 N–H and O–H groups in total. The number of likely N-dealkylation sites (N-methyl/N-ethyl adjacent to an activating group) is 1. The molecule has 18 heavy (non-hydrogen) atoms. The van der Waals surface area contributed by atoms with Crippen molar-refractivity contribution in [2.75, 3.05) is 33.4 Å². The Morgan fingerprint density at radius 2 is 1.33 bits per heavy atom. The van der Waals surface area contributed by atoms with E-state index in [0.29, 0.717) is 26.3 Å². The molecule has 0 spiro atoms. The zero-order valence-corrected chi connectivity index (χ0v) is 15.2. The van der Waals surface area contributed by atoms with Crippen LogP contribution < -0.4 is 4.90 Å². The number of nitrogens with one attached hydrogen (secondary N) is 1. The van der Waals surface area contributed by atoms with Gasteiger partial charge < -0.3 is 14.4 Å². The zero-order valence-electron chi connectivity index (χ0n) is 10.9. The van der Waals surface area contributed by atoms with E-state index in [-0.39, 0.29) is 19.8 Å². The molecule has 106 valence electrons. The summed E-state index contributed by atoms with van der Waals surface area (Å²) in [4.78, 5) is 23.6. The van der Waals surface area contributed by atoms with Gasteiger partial charge in [-0.1, -0.05) is 45.2 Å². The molecule has 0 fully saturated rings. The Labute approximate surface area is 135 Å². The van der Waals surface area contributed by atoms with Crippen molar-refractivity contribution in [3.63, 3.8) is 0 Å². The maximum absolute atomic E-state index is 11.2. The molecule has 0 saturated heterocycles. The van der Waals surface area contributed by atoms with Crippen LogP contribution in [0.5, 0.6) is 0 Å². The van der Waals surface area contributed by atoms with E-state index in [2.05, 4.69) is 0 Å². The third-order valence-corrected chi connectivity index (χ3v) is 3.21. The number of carbonyl (C=O) groups is 2. The molecule has 0 radical (unpaired) electrons. The van der Waals surface area contributed by atoms with Crippen LogP contribution in [-0.4, -0.2) is 53.1 Å². The van der Waals surface area contributed by atoms with Gasteiger partial charge in [0.05, 0.1) is 7.05 Å². The van der Waals surface area contributed by atoms with Crippen molar-refractivity contribution in [1.29, 1.82) is 0 Å². The molecule has 0 heterocycles. The normalized spacial score (nSPS) is 15.6. The fourth-order valence-corrected chi connectivity index (χ4v) is 1.37. The van der Waals surface area contributed by atoms with E-state index in [1.807, 2.05) is 52.2 Å². The first-order valence-electron chi connectivity index (χ1n) is 5.77. The summed E-state index contributed by atoms with van der Waals surface area (Å²) in [6, 6.07) is 0. The van der Waals surface area contributed by atoms with Crippen molar-refractivity contribution in [1.82, 2.24) is 0 Å². The fourth-order valence-electron chi connectivity index (χ4n) is 1.01. The Kier molecular flexibility index (Phi) is 10.4. The molecule has 5 nitrogen and oxygen atoms in total. The Bertz CT molecular complexity index is 246. The molecule has 0 aliphatic carbocycles. The number of carbonyl (C=O) groups excluding carboxylic acids is 2. The smallest absolute Gasteiger partial charge is 0.318 e. The quantitative estimate of drug-likeness (QED) is 0.305. The lowest BCUT2D eigenvalue weighted by molar-refractivity contribution is -0.880. The van der Waals surface area contributed by atoms with E-state index in [0.717, 1.165) is 4.90 Å². The van der Waals surface area contributed by atoms with Crippen molar-refractivity contribution in [2.24, 2.45) is 0 Å². The highest BCUT2D eigenvalue weighted by molar-refractivity contribution is 14.1. The Morgan fingerprint density at radius 1 is 1.00 bits per heavy atom. The second kappa shape index (κ2) is 10.2. The van der Waals surface area contributed by atoms with Crippen LogP contribution >= 0.6 is 45.2 Å². The van der Waals surface area contributed by atoms with Crippen LogP contribution in [0.3, 0.4) is 0 Å². The van der Waals surface area contributed by atoms with Gasteiger partial charge in [-0.2, -0.15) is 0 Å². The third kappa shape index (κ3) is 9.31. The fraction of sp³-hybridized carbons (Fsp3) is 0.818. The number of esters is 2. The minimum atomic E-state index is -0.187. The predicted octanol–water partition coefficient (Wildman–Crippen LogP) is 0.234. The number of alkyl halides is 2. The number of rotatable bonds is 8. The molecule has 2 atom stereocenters. The average molecular weight is 484 g/mol. The number of hydrogen-bond acceptors (Lipinski definition) is 4. The van der Waals surface area contributed by atoms with Gasteiger partial charge in [-0.3, -0.25) is 9.59 Å². The molecule has 0 aliphatic rings. The van der Waals surface area contributed by atoms with Gasteiger partial charge in [-0.05, 0) is 13.8 Å². The molecule has 0 aromatic rings. The van der Waals surface area contributed by atoms with E-state index < -0.39 is 0 Å². The molecule has 0 aromatic carbocycles. The lowest BCUT2D eigenvalue weighted by Gasteiger charge is -2.14. The molecule has 0 amide bonds. The summed E-state index contributed by atoms with van der Waals surface area (Å²) < 4.78 is 9.89. The summed E-state index contributed by atoms with van der Waals surface area (Å²) in [5.41, 5.74) is 0. The van der Waals surface area contributed by atoms with Gasteiger partial charge in [-0.25, -0.2) is 0 Å². The van der Waals surface area contributed by atoms with Gasteiger partial charge in [0.15, 0.2) is 0 Å². The van der Waals surface area contributed by atoms with Crippen LogP contribution in [-0.2, 0) is 19.1 Å². The summed E-state index contributed by atoms with van der Waals surface area (Å²) in [5.74, 6) is -0.373. The zero-order chi connectivity index (χ0) is 14.1. The Morgan fingerprint density at radius 3 is 1.61 bits per heavy atom. The van der Waals surface area contributed by atoms with Crippen LogP contribution in [0.1, 0.15) is 13.8 Å². The van der Waals surface area contributed by atoms with Crippen LogP contribution in [0, 0.1) is 0 Å². The van der Waals surface area contributed by atoms with E-state index in [1.165, 1.54) is 0 Å². The highest BCUT2D eigenvalue weighted by Crippen LogP contribution is 2.00. The highest BCUT2D eigenvalue weighted by Gasteiger charge is 2.12. The first-order chi connectivity index (χ1) is 8.34. The average Bonchev–Trinajstić information content (AvgIpc) is 2.28. The lowest BCUT2D eigenvalue weighted by atomic mass is 10.5. The summed E-state index contributed by atoms with van der Waals surface area (Å²) in [7, 11) is 1.97. The van der Waals surface area contributed by atoms with Gasteiger partial charge in [-0.15, -0.1) is 0 Å². The Balaban J connectivity index is 3.57. The monoisotopic (exact) mass is 484 g/mol. The molecule has 0 saturated carbocycles. The predicted molar refractivity (Wildman–Crippen MR) is 85.5 cm³/mol. The largest absolute Gasteiger partial charge is 0.459 e. The molecule has 0 bridgehead atoms. The maximum Gasteiger partial charge on any atom is 0.318 e. The van der Waals surface area contributed by atoms with Crippen LogP contribution in [0.4, 0.5) is 0 Å². The van der Waals surface area contributed by atoms with Crippen LogP contribution in [0.25, 0.3) is 0 Å². The first kappa shape index (κ1) is 18.4. The standard InChI is InChI=1S/C11H19I2NO4/c1-8(12)10(15)17-6-4-14(3)5-7-18-11(16)9(2)13/h8-9H,4-7H2,1-3H3/p+1. The van der Waals surface area contributed by atoms with Crippen LogP contribution in [0.15, 0.2) is 0 Å². The topological polar surface area (TPSA) is 57.0 Å². The Hall–Kier alpha value is 0.360. The molecular formula is C11H20I2NO4+. The maximum atomic E-state index is 11.2. The number of hydrogen-bond donors (Lipinski definition) is 1. The van der Waals surface area contributed by atoms with E-state index >= 15 is 0 Å². The minimum Gasteiger partial charge on any atom is -0.459 e. The number of halogens is 2. The first-order valence-corrected chi connectivity index (χ1v) is 8.26. The number of quaternary nitrogens is 1. The van der Waals surface area contributed by atoms with E-state index in [4.69, 9.17) is 9.47 Å². The van der Waals surface area contributed by atoms with Crippen LogP contribution in [0.2, 0.25) is 0 Å². The third-order valence-electron chi connectivity index (χ3n) is 2.20. The van der Waals surface area contributed by atoms with E-state index in [1.54, 1.807) is 13.8 Å². The van der Waals surface area contributed by atoms with Gasteiger partial charge in [0.2, 0.25) is 0 Å². The summed E-state index contributed by atoms with van der Waals surface area (Å²) in [5, 5.41) is 0. The second-order valence-electron chi connectivity index (χ2n) is 4.02. The molecule has 0 rings (SSSR count). The number of ether oxygens (including phenoxy) is 2. The highest BCUT2D eigenvalue weighted by atomic mass is 127. The summed E-state index contributed by atoms with van der Waals surface area (Å²) >= 11 is 4.04. The van der Waals surface area contributed by atoms with Crippen molar-refractivity contribution < 1.29 is 24.0 Å². The molecule has 0 aromatic heterocycles. The van der Waals surface area contributed by atoms with Crippen molar-refractivity contribution in [3.05, 3.63) is 0 Å². The van der Waals surface area contributed by atoms with Gasteiger partial charge in [0.25, 0.3) is 0 Å². The van der Waals surface area contributed by atoms with Crippen molar-refractivity contribution in [2.45, 2.75) is 21.7 Å². The lowest BCUT2D eigenvalue weighted by Crippen LogP contribution is -3.10. The van der Waals surface area contributed by atoms with Crippen molar-refractivity contribution >= 4 is 57.1 Å². The van der Waals surface area contributed by atoms with Gasteiger partial charge >= 0.3 is 11.9 Å².